The molecule has 4 rings (SSSR count). The van der Waals surface area contributed by atoms with Crippen molar-refractivity contribution in [3.8, 4) is 16.3 Å². The van der Waals surface area contributed by atoms with E-state index >= 15 is 0 Å². The number of para-hydroxylation sites is 1. The number of hydrogen-bond acceptors (Lipinski definition) is 6. The van der Waals surface area contributed by atoms with Crippen LogP contribution in [0.15, 0.2) is 65.1 Å². The van der Waals surface area contributed by atoms with Gasteiger partial charge < -0.3 is 10.1 Å². The summed E-state index contributed by atoms with van der Waals surface area (Å²) in [5, 5.41) is 15.0. The zero-order valence-electron chi connectivity index (χ0n) is 16.3. The van der Waals surface area contributed by atoms with Crippen molar-refractivity contribution in [2.75, 3.05) is 11.9 Å². The van der Waals surface area contributed by atoms with Gasteiger partial charge in [0.1, 0.15) is 5.01 Å². The number of rotatable bonds is 6. The number of nitro groups is 1. The fourth-order valence-electron chi connectivity index (χ4n) is 3.06. The number of nitrogens with zero attached hydrogens (tertiary/aromatic N) is 2. The lowest BCUT2D eigenvalue weighted by atomic mass is 10.1. The second kappa shape index (κ2) is 8.83. The first-order valence-electron chi connectivity index (χ1n) is 9.34. The molecule has 1 heterocycles. The van der Waals surface area contributed by atoms with Crippen LogP contribution in [0, 0.1) is 10.1 Å². The molecule has 0 aliphatic rings. The molecular weight excluding hydrogens is 482 g/mol. The summed E-state index contributed by atoms with van der Waals surface area (Å²) in [5.41, 5.74) is 2.10. The van der Waals surface area contributed by atoms with Crippen molar-refractivity contribution in [3.05, 3.63) is 80.8 Å². The molecule has 4 aromatic rings. The Morgan fingerprint density at radius 3 is 2.74 bits per heavy atom. The fraction of sp³-hybridized carbons (Fsp3) is 0.0909. The van der Waals surface area contributed by atoms with E-state index in [0.29, 0.717) is 5.69 Å². The summed E-state index contributed by atoms with van der Waals surface area (Å²) >= 11 is 4.99. The van der Waals surface area contributed by atoms with E-state index in [1.54, 1.807) is 13.0 Å². The van der Waals surface area contributed by atoms with Crippen LogP contribution in [0.2, 0.25) is 0 Å². The average Bonchev–Trinajstić information content (AvgIpc) is 3.19. The van der Waals surface area contributed by atoms with Crippen LogP contribution in [-0.4, -0.2) is 22.4 Å². The lowest BCUT2D eigenvalue weighted by Crippen LogP contribution is -2.13. The van der Waals surface area contributed by atoms with Crippen molar-refractivity contribution in [1.29, 1.82) is 0 Å². The number of amides is 1. The van der Waals surface area contributed by atoms with Crippen LogP contribution >= 0.6 is 27.3 Å². The standard InChI is InChI=1S/C22H16BrN3O4S/c1-2-30-19-10-7-13(11-18(19)26(28)29)21(27)24-16-9-8-14(23)12-15(16)22-25-17-5-3-4-6-20(17)31-22/h3-12H,2H2,1H3,(H,24,27). The van der Waals surface area contributed by atoms with Gasteiger partial charge in [0, 0.05) is 21.7 Å². The monoisotopic (exact) mass is 497 g/mol. The number of hydrogen-bond donors (Lipinski definition) is 1. The fourth-order valence-corrected chi connectivity index (χ4v) is 4.42. The molecule has 7 nitrogen and oxygen atoms in total. The highest BCUT2D eigenvalue weighted by Crippen LogP contribution is 2.36. The molecule has 0 atom stereocenters. The second-order valence-corrected chi connectivity index (χ2v) is 8.45. The van der Waals surface area contributed by atoms with E-state index in [4.69, 9.17) is 4.74 Å². The van der Waals surface area contributed by atoms with Crippen molar-refractivity contribution in [1.82, 2.24) is 4.98 Å². The molecule has 0 unspecified atom stereocenters. The van der Waals surface area contributed by atoms with Crippen LogP contribution in [0.5, 0.6) is 5.75 Å². The van der Waals surface area contributed by atoms with Gasteiger partial charge in [0.2, 0.25) is 0 Å². The van der Waals surface area contributed by atoms with Gasteiger partial charge in [-0.25, -0.2) is 4.98 Å². The minimum atomic E-state index is -0.562. The zero-order valence-corrected chi connectivity index (χ0v) is 18.7. The topological polar surface area (TPSA) is 94.4 Å². The molecule has 31 heavy (non-hydrogen) atoms. The Hall–Kier alpha value is -3.30. The molecular formula is C22H16BrN3O4S. The van der Waals surface area contributed by atoms with Gasteiger partial charge in [-0.1, -0.05) is 28.1 Å². The average molecular weight is 498 g/mol. The Morgan fingerprint density at radius 2 is 2.00 bits per heavy atom. The van der Waals surface area contributed by atoms with Crippen LogP contribution in [0.1, 0.15) is 17.3 Å². The number of nitrogens with one attached hydrogen (secondary N) is 1. The number of carbonyl (C=O) groups is 1. The Labute approximate surface area is 190 Å². The largest absolute Gasteiger partial charge is 0.487 e. The number of fused-ring (bicyclic) bond motifs is 1. The normalized spacial score (nSPS) is 10.8. The van der Waals surface area contributed by atoms with E-state index in [2.05, 4.69) is 26.2 Å². The van der Waals surface area contributed by atoms with Gasteiger partial charge in [-0.05, 0) is 49.4 Å². The van der Waals surface area contributed by atoms with Crippen LogP contribution in [0.25, 0.3) is 20.8 Å². The number of ether oxygens (including phenoxy) is 1. The summed E-state index contributed by atoms with van der Waals surface area (Å²) in [6.45, 7) is 2.03. The van der Waals surface area contributed by atoms with E-state index in [1.807, 2.05) is 36.4 Å². The second-order valence-electron chi connectivity index (χ2n) is 6.50. The van der Waals surface area contributed by atoms with Gasteiger partial charge in [0.25, 0.3) is 5.91 Å². The maximum atomic E-state index is 12.9. The minimum Gasteiger partial charge on any atom is -0.487 e. The molecule has 0 spiro atoms. The third-order valence-electron chi connectivity index (χ3n) is 4.47. The van der Waals surface area contributed by atoms with Crippen molar-refractivity contribution in [3.63, 3.8) is 0 Å². The van der Waals surface area contributed by atoms with Crippen molar-refractivity contribution < 1.29 is 14.5 Å². The summed E-state index contributed by atoms with van der Waals surface area (Å²) in [5.74, 6) is -0.335. The van der Waals surface area contributed by atoms with E-state index in [0.717, 1.165) is 25.3 Å². The molecule has 1 N–H and O–H groups in total. The maximum absolute atomic E-state index is 12.9. The molecule has 0 saturated carbocycles. The van der Waals surface area contributed by atoms with Gasteiger partial charge in [-0.3, -0.25) is 14.9 Å². The lowest BCUT2D eigenvalue weighted by Gasteiger charge is -2.11. The lowest BCUT2D eigenvalue weighted by molar-refractivity contribution is -0.385. The van der Waals surface area contributed by atoms with Gasteiger partial charge in [-0.15, -0.1) is 11.3 Å². The smallest absolute Gasteiger partial charge is 0.311 e. The zero-order chi connectivity index (χ0) is 22.0. The van der Waals surface area contributed by atoms with Crippen LogP contribution in [-0.2, 0) is 0 Å². The molecule has 0 aliphatic carbocycles. The molecule has 0 aliphatic heterocycles. The van der Waals surface area contributed by atoms with E-state index in [1.165, 1.54) is 29.5 Å². The SMILES string of the molecule is CCOc1ccc(C(=O)Nc2ccc(Br)cc2-c2nc3ccccc3s2)cc1[N+](=O)[O-]. The molecule has 156 valence electrons. The van der Waals surface area contributed by atoms with Crippen LogP contribution < -0.4 is 10.1 Å². The van der Waals surface area contributed by atoms with Gasteiger partial charge in [-0.2, -0.15) is 0 Å². The molecule has 0 radical (unpaired) electrons. The quantitative estimate of drug-likeness (QED) is 0.249. The molecule has 3 aromatic carbocycles. The first-order chi connectivity index (χ1) is 15.0. The molecule has 1 aromatic heterocycles. The summed E-state index contributed by atoms with van der Waals surface area (Å²) in [6.07, 6.45) is 0. The van der Waals surface area contributed by atoms with E-state index < -0.39 is 10.8 Å². The van der Waals surface area contributed by atoms with Crippen LogP contribution in [0.4, 0.5) is 11.4 Å². The van der Waals surface area contributed by atoms with Crippen molar-refractivity contribution in [2.24, 2.45) is 0 Å². The number of halogens is 1. The number of anilines is 1. The first-order valence-corrected chi connectivity index (χ1v) is 11.0. The third-order valence-corrected chi connectivity index (χ3v) is 6.03. The molecule has 0 fully saturated rings. The van der Waals surface area contributed by atoms with Crippen LogP contribution in [0.3, 0.4) is 0 Å². The Morgan fingerprint density at radius 1 is 1.19 bits per heavy atom. The predicted octanol–water partition coefficient (Wildman–Crippen LogP) is 6.29. The number of aromatic nitrogens is 1. The van der Waals surface area contributed by atoms with Gasteiger partial charge >= 0.3 is 5.69 Å². The number of nitro benzene ring substituents is 1. The molecule has 9 heteroatoms. The molecule has 0 saturated heterocycles. The third kappa shape index (κ3) is 4.42. The summed E-state index contributed by atoms with van der Waals surface area (Å²) in [6, 6.07) is 17.4. The Kier molecular flexibility index (Phi) is 5.97. The number of benzene rings is 3. The minimum absolute atomic E-state index is 0.128. The number of thiazole rings is 1. The highest BCUT2D eigenvalue weighted by atomic mass is 79.9. The highest BCUT2D eigenvalue weighted by molar-refractivity contribution is 9.10. The summed E-state index contributed by atoms with van der Waals surface area (Å²) in [7, 11) is 0. The van der Waals surface area contributed by atoms with E-state index in [9.17, 15) is 14.9 Å². The van der Waals surface area contributed by atoms with Crippen molar-refractivity contribution in [2.45, 2.75) is 6.92 Å². The van der Waals surface area contributed by atoms with Gasteiger partial charge in [0.05, 0.1) is 27.4 Å². The molecule has 1 amide bonds. The van der Waals surface area contributed by atoms with Crippen molar-refractivity contribution >= 4 is 54.8 Å². The highest BCUT2D eigenvalue weighted by Gasteiger charge is 2.20. The number of carbonyl (C=O) groups excluding carboxylic acids is 1. The summed E-state index contributed by atoms with van der Waals surface area (Å²) < 4.78 is 7.17. The predicted molar refractivity (Wildman–Crippen MR) is 125 cm³/mol. The van der Waals surface area contributed by atoms with Gasteiger partial charge in [0.15, 0.2) is 5.75 Å². The van der Waals surface area contributed by atoms with E-state index in [-0.39, 0.29) is 23.6 Å². The first kappa shape index (κ1) is 21.0. The molecule has 0 bridgehead atoms. The Bertz CT molecular complexity index is 1270. The summed E-state index contributed by atoms with van der Waals surface area (Å²) in [4.78, 5) is 28.4. The maximum Gasteiger partial charge on any atom is 0.311 e. The Balaban J connectivity index is 1.69.